The maximum atomic E-state index is 13.6. The number of rotatable bonds is 10. The minimum atomic E-state index is -3.86. The summed E-state index contributed by atoms with van der Waals surface area (Å²) in [5.41, 5.74) is 2.79. The van der Waals surface area contributed by atoms with E-state index >= 15 is 0 Å². The summed E-state index contributed by atoms with van der Waals surface area (Å²) in [7, 11) is -2.35. The van der Waals surface area contributed by atoms with E-state index in [1.54, 1.807) is 24.7 Å². The molecular weight excluding hydrogens is 530 g/mol. The van der Waals surface area contributed by atoms with Crippen molar-refractivity contribution in [1.29, 1.82) is 0 Å². The Bertz CT molecular complexity index is 1600. The van der Waals surface area contributed by atoms with Gasteiger partial charge in [0.05, 0.1) is 23.5 Å². The molecule has 1 aromatic heterocycles. The second kappa shape index (κ2) is 11.8. The molecule has 1 N–H and O–H groups in total. The van der Waals surface area contributed by atoms with Gasteiger partial charge in [0.1, 0.15) is 6.10 Å². The normalized spacial score (nSPS) is 13.9. The fourth-order valence-electron chi connectivity index (χ4n) is 4.80. The Balaban J connectivity index is 1.47. The van der Waals surface area contributed by atoms with Crippen molar-refractivity contribution in [3.05, 3.63) is 113 Å². The highest BCUT2D eigenvalue weighted by Crippen LogP contribution is 2.35. The van der Waals surface area contributed by atoms with Crippen molar-refractivity contribution in [2.24, 2.45) is 0 Å². The Labute approximate surface area is 232 Å². The fraction of sp³-hybridized carbons (Fsp3) is 0.233. The number of benzene rings is 3. The molecular formula is C30H29N3O6S. The monoisotopic (exact) mass is 559 g/mol. The van der Waals surface area contributed by atoms with Crippen LogP contribution in [0.3, 0.4) is 0 Å². The number of hydrogen-bond donors (Lipinski definition) is 1. The molecule has 0 radical (unpaired) electrons. The van der Waals surface area contributed by atoms with E-state index < -0.39 is 15.9 Å². The third kappa shape index (κ3) is 5.98. The van der Waals surface area contributed by atoms with Gasteiger partial charge in [0.25, 0.3) is 5.91 Å². The zero-order chi connectivity index (χ0) is 28.1. The smallest absolute Gasteiger partial charge is 0.251 e. The van der Waals surface area contributed by atoms with Crippen molar-refractivity contribution in [2.45, 2.75) is 42.6 Å². The molecule has 3 aromatic carbocycles. The van der Waals surface area contributed by atoms with Crippen LogP contribution in [0.5, 0.6) is 5.75 Å². The Morgan fingerprint density at radius 3 is 2.52 bits per heavy atom. The number of ketones is 1. The molecule has 9 nitrogen and oxygen atoms in total. The molecule has 206 valence electrons. The molecule has 10 heteroatoms. The number of amides is 1. The van der Waals surface area contributed by atoms with Crippen molar-refractivity contribution in [1.82, 2.24) is 14.9 Å². The van der Waals surface area contributed by atoms with E-state index in [0.717, 1.165) is 5.56 Å². The average Bonchev–Trinajstić information content (AvgIpc) is 3.49. The lowest BCUT2D eigenvalue weighted by Crippen LogP contribution is -2.19. The molecule has 4 aromatic rings. The molecule has 1 unspecified atom stereocenters. The predicted octanol–water partition coefficient (Wildman–Crippen LogP) is 4.49. The summed E-state index contributed by atoms with van der Waals surface area (Å²) in [5, 5.41) is 2.52. The van der Waals surface area contributed by atoms with E-state index in [1.807, 2.05) is 41.1 Å². The summed E-state index contributed by atoms with van der Waals surface area (Å²) >= 11 is 0. The predicted molar refractivity (Wildman–Crippen MR) is 148 cm³/mol. The summed E-state index contributed by atoms with van der Waals surface area (Å²) in [6.45, 7) is 0.415. The quantitative estimate of drug-likeness (QED) is 0.225. The van der Waals surface area contributed by atoms with Crippen LogP contribution in [-0.2, 0) is 33.4 Å². The number of imidazole rings is 1. The highest BCUT2D eigenvalue weighted by Gasteiger charge is 2.28. The van der Waals surface area contributed by atoms with Crippen LogP contribution < -0.4 is 10.2 Å². The highest BCUT2D eigenvalue weighted by atomic mass is 32.2. The second-order valence-electron chi connectivity index (χ2n) is 9.55. The van der Waals surface area contributed by atoms with E-state index in [1.165, 1.54) is 31.3 Å². The molecule has 1 heterocycles. The third-order valence-corrected chi connectivity index (χ3v) is 8.58. The van der Waals surface area contributed by atoms with E-state index in [-0.39, 0.29) is 28.1 Å². The lowest BCUT2D eigenvalue weighted by Gasteiger charge is -2.23. The fourth-order valence-corrected chi connectivity index (χ4v) is 6.22. The third-order valence-electron chi connectivity index (χ3n) is 6.92. The van der Waals surface area contributed by atoms with Gasteiger partial charge in [-0.25, -0.2) is 13.4 Å². The minimum absolute atomic E-state index is 0.0235. The van der Waals surface area contributed by atoms with Gasteiger partial charge >= 0.3 is 0 Å². The molecule has 1 atom stereocenters. The number of carbonyl (C=O) groups excluding carboxylic acids is 2. The molecule has 1 amide bonds. The number of Topliss-reactive ketones (excluding diaryl/α,β-unsaturated/α-hetero) is 1. The van der Waals surface area contributed by atoms with Crippen LogP contribution in [0.4, 0.5) is 0 Å². The van der Waals surface area contributed by atoms with Gasteiger partial charge < -0.3 is 14.8 Å². The van der Waals surface area contributed by atoms with Gasteiger partial charge in [-0.3, -0.25) is 9.59 Å². The summed E-state index contributed by atoms with van der Waals surface area (Å²) in [5.74, 6) is -0.481. The van der Waals surface area contributed by atoms with Gasteiger partial charge in [-0.15, -0.1) is 0 Å². The van der Waals surface area contributed by atoms with Crippen molar-refractivity contribution in [3.8, 4) is 5.75 Å². The van der Waals surface area contributed by atoms with Gasteiger partial charge in [-0.2, -0.15) is 4.89 Å². The maximum Gasteiger partial charge on any atom is 0.251 e. The number of hydrogen-bond acceptors (Lipinski definition) is 7. The Kier molecular flexibility index (Phi) is 8.09. The molecule has 0 fully saturated rings. The van der Waals surface area contributed by atoms with Crippen LogP contribution in [0.15, 0.2) is 90.3 Å². The van der Waals surface area contributed by atoms with Crippen molar-refractivity contribution in [3.63, 3.8) is 0 Å². The first kappa shape index (κ1) is 27.3. The highest BCUT2D eigenvalue weighted by molar-refractivity contribution is 7.90. The first-order valence-electron chi connectivity index (χ1n) is 12.9. The lowest BCUT2D eigenvalue weighted by molar-refractivity contribution is -0.251. The standard InChI is InChI=1S/C30H29N3O6S/c1-31-30(35)22-10-12-23(13-11-22)40(36,37)19-26-24-8-5-9-27(34)25(24)14-15-28(26)38-39-29(18-33-17-16-32-20-33)21-6-3-2-4-7-21/h2-4,6-7,10-17,20,29H,5,8-9,18-19H2,1H3,(H,31,35). The van der Waals surface area contributed by atoms with E-state index in [0.29, 0.717) is 48.1 Å². The zero-order valence-electron chi connectivity index (χ0n) is 21.9. The van der Waals surface area contributed by atoms with Crippen LogP contribution in [0.1, 0.15) is 56.4 Å². The second-order valence-corrected chi connectivity index (χ2v) is 11.5. The van der Waals surface area contributed by atoms with Crippen molar-refractivity contribution < 1.29 is 27.8 Å². The molecule has 0 spiro atoms. The van der Waals surface area contributed by atoms with E-state index in [9.17, 15) is 18.0 Å². The van der Waals surface area contributed by atoms with Gasteiger partial charge in [0.15, 0.2) is 21.4 Å². The first-order chi connectivity index (χ1) is 19.4. The summed E-state index contributed by atoms with van der Waals surface area (Å²) in [6, 6.07) is 18.6. The molecule has 0 bridgehead atoms. The van der Waals surface area contributed by atoms with Crippen molar-refractivity contribution >= 4 is 21.5 Å². The van der Waals surface area contributed by atoms with Gasteiger partial charge in [0, 0.05) is 42.6 Å². The molecule has 1 aliphatic rings. The topological polar surface area (TPSA) is 117 Å². The number of sulfone groups is 1. The number of nitrogens with one attached hydrogen (secondary N) is 1. The first-order valence-corrected chi connectivity index (χ1v) is 14.6. The summed E-state index contributed by atoms with van der Waals surface area (Å²) in [4.78, 5) is 40.6. The Morgan fingerprint density at radius 1 is 1.05 bits per heavy atom. The van der Waals surface area contributed by atoms with Crippen LogP contribution in [-0.4, -0.2) is 36.7 Å². The molecule has 0 aliphatic heterocycles. The van der Waals surface area contributed by atoms with Gasteiger partial charge in [-0.05, 0) is 60.4 Å². The molecule has 40 heavy (non-hydrogen) atoms. The molecule has 0 saturated carbocycles. The number of nitrogens with zero attached hydrogens (tertiary/aromatic N) is 2. The van der Waals surface area contributed by atoms with E-state index in [2.05, 4.69) is 10.3 Å². The Morgan fingerprint density at radius 2 is 1.82 bits per heavy atom. The van der Waals surface area contributed by atoms with Crippen molar-refractivity contribution in [2.75, 3.05) is 7.05 Å². The van der Waals surface area contributed by atoms with Crippen LogP contribution in [0.25, 0.3) is 0 Å². The SMILES string of the molecule is CNC(=O)c1ccc(S(=O)(=O)Cc2c(OOC(Cn3ccnc3)c3ccccc3)ccc3c2CCCC3=O)cc1. The molecule has 5 rings (SSSR count). The average molecular weight is 560 g/mol. The van der Waals surface area contributed by atoms with Gasteiger partial charge in [0.2, 0.25) is 0 Å². The zero-order valence-corrected chi connectivity index (χ0v) is 22.8. The number of aromatic nitrogens is 2. The minimum Gasteiger partial charge on any atom is -0.355 e. The summed E-state index contributed by atoms with van der Waals surface area (Å²) in [6.07, 6.45) is 6.24. The Hall–Kier alpha value is -4.28. The van der Waals surface area contributed by atoms with Gasteiger partial charge in [-0.1, -0.05) is 30.3 Å². The number of carbonyl (C=O) groups is 2. The van der Waals surface area contributed by atoms with Crippen LogP contribution in [0.2, 0.25) is 0 Å². The molecule has 1 aliphatic carbocycles. The van der Waals surface area contributed by atoms with Crippen LogP contribution in [0, 0.1) is 0 Å². The lowest BCUT2D eigenvalue weighted by atomic mass is 9.87. The van der Waals surface area contributed by atoms with E-state index in [4.69, 9.17) is 9.78 Å². The molecule has 0 saturated heterocycles. The summed E-state index contributed by atoms with van der Waals surface area (Å²) < 4.78 is 29.0. The van der Waals surface area contributed by atoms with Crippen LogP contribution >= 0.6 is 0 Å². The number of fused-ring (bicyclic) bond motifs is 1. The maximum absolute atomic E-state index is 13.6. The largest absolute Gasteiger partial charge is 0.355 e.